The van der Waals surface area contributed by atoms with Crippen molar-refractivity contribution in [3.63, 3.8) is 0 Å². The van der Waals surface area contributed by atoms with Crippen LogP contribution >= 0.6 is 35.4 Å². The maximum Gasteiger partial charge on any atom is 0.347 e. The predicted molar refractivity (Wildman–Crippen MR) is 109 cm³/mol. The molecule has 0 aliphatic rings. The third-order valence-corrected chi connectivity index (χ3v) is 4.98. The molecule has 1 aromatic heterocycles. The fourth-order valence-corrected chi connectivity index (χ4v) is 2.83. The van der Waals surface area contributed by atoms with Crippen LogP contribution in [-0.4, -0.2) is 44.2 Å². The molecule has 2 rings (SSSR count). The van der Waals surface area contributed by atoms with Gasteiger partial charge in [0.1, 0.15) is 12.4 Å². The first-order valence-electron chi connectivity index (χ1n) is 8.33. The summed E-state index contributed by atoms with van der Waals surface area (Å²) in [5.41, 5.74) is -2.77. The van der Waals surface area contributed by atoms with Gasteiger partial charge in [-0.05, 0) is 31.3 Å². The van der Waals surface area contributed by atoms with Gasteiger partial charge in [-0.1, -0.05) is 11.6 Å². The van der Waals surface area contributed by atoms with E-state index in [0.717, 1.165) is 21.3 Å². The van der Waals surface area contributed by atoms with Gasteiger partial charge in [0.15, 0.2) is 10.9 Å². The molecule has 1 atom stereocenters. The van der Waals surface area contributed by atoms with Gasteiger partial charge in [-0.25, -0.2) is 28.1 Å². The van der Waals surface area contributed by atoms with E-state index in [1.165, 1.54) is 21.0 Å². The minimum Gasteiger partial charge on any atom is -0.462 e. The van der Waals surface area contributed by atoms with Gasteiger partial charge in [-0.15, -0.1) is 11.6 Å². The van der Waals surface area contributed by atoms with Gasteiger partial charge in [0.2, 0.25) is 0 Å². The van der Waals surface area contributed by atoms with Gasteiger partial charge in [-0.2, -0.15) is 0 Å². The molecule has 0 amide bonds. The number of hydrogen-bond donors (Lipinski definition) is 0. The molecule has 0 N–H and O–H groups in total. The Morgan fingerprint density at radius 1 is 1.20 bits per heavy atom. The summed E-state index contributed by atoms with van der Waals surface area (Å²) < 4.78 is 26.6. The summed E-state index contributed by atoms with van der Waals surface area (Å²) in [5.74, 6) is -2.92. The summed E-state index contributed by atoms with van der Waals surface area (Å²) in [4.78, 5) is 49.2. The molecule has 1 aromatic carbocycles. The Labute approximate surface area is 184 Å². The molecule has 0 aliphatic carbocycles. The molecule has 13 heteroatoms. The highest BCUT2D eigenvalue weighted by molar-refractivity contribution is 7.71. The molecule has 1 unspecified atom stereocenters. The monoisotopic (exact) mass is 479 g/mol. The number of carbonyl (C=O) groups is 2. The molecule has 0 radical (unpaired) electrons. The summed E-state index contributed by atoms with van der Waals surface area (Å²) >= 11 is 16.3. The number of benzene rings is 1. The first kappa shape index (κ1) is 23.8. The summed E-state index contributed by atoms with van der Waals surface area (Å²) in [6.45, 7) is 1.18. The second-order valence-electron chi connectivity index (χ2n) is 5.99. The van der Waals surface area contributed by atoms with Crippen molar-refractivity contribution in [1.29, 1.82) is 0 Å². The quantitative estimate of drug-likeness (QED) is 0.353. The van der Waals surface area contributed by atoms with E-state index >= 15 is 0 Å². The lowest BCUT2D eigenvalue weighted by Crippen LogP contribution is -2.44. The van der Waals surface area contributed by atoms with Crippen LogP contribution in [0.25, 0.3) is 5.69 Å². The van der Waals surface area contributed by atoms with E-state index in [0.29, 0.717) is 4.57 Å². The van der Waals surface area contributed by atoms with Crippen LogP contribution in [0.4, 0.5) is 4.39 Å². The highest BCUT2D eigenvalue weighted by Gasteiger charge is 2.24. The number of esters is 2. The Morgan fingerprint density at radius 3 is 2.30 bits per heavy atom. The number of ether oxygens (including phenoxy) is 2. The van der Waals surface area contributed by atoms with Crippen molar-refractivity contribution in [3.05, 3.63) is 54.3 Å². The van der Waals surface area contributed by atoms with Crippen LogP contribution in [0, 0.1) is 10.6 Å². The zero-order valence-corrected chi connectivity index (χ0v) is 18.3. The predicted octanol–water partition coefficient (Wildman–Crippen LogP) is 1.72. The molecule has 9 nitrogen and oxygen atoms in total. The molecule has 0 saturated heterocycles. The smallest absolute Gasteiger partial charge is 0.347 e. The Kier molecular flexibility index (Phi) is 7.56. The Balaban J connectivity index is 2.54. The number of nitrogens with zero attached hydrogens (tertiary/aromatic N) is 3. The van der Waals surface area contributed by atoms with E-state index in [4.69, 9.17) is 44.9 Å². The Hall–Kier alpha value is -2.50. The first-order valence-corrected chi connectivity index (χ1v) is 9.65. The summed E-state index contributed by atoms with van der Waals surface area (Å²) in [5, 5.41) is -0.350. The molecule has 0 spiro atoms. The summed E-state index contributed by atoms with van der Waals surface area (Å²) in [7, 11) is 2.61. The molecular formula is C17H16Cl2FN3O6S. The van der Waals surface area contributed by atoms with E-state index in [9.17, 15) is 23.6 Å². The van der Waals surface area contributed by atoms with Crippen LogP contribution in [-0.2, 0) is 28.4 Å². The van der Waals surface area contributed by atoms with Crippen molar-refractivity contribution < 1.29 is 23.5 Å². The van der Waals surface area contributed by atoms with E-state index in [1.54, 1.807) is 0 Å². The molecular weight excluding hydrogens is 464 g/mol. The standard InChI is InChI=1S/C17H16Cl2FN3O6S/c1-8(13(24)28-5-4-18)29-14(25)9-6-12(11(20)7-10(9)19)23-15(26)21(2)17(30)22(3)16(23)27/h6-8H,4-5H2,1-3H3. The van der Waals surface area contributed by atoms with Crippen molar-refractivity contribution in [3.8, 4) is 5.69 Å². The van der Waals surface area contributed by atoms with E-state index in [1.807, 2.05) is 0 Å². The van der Waals surface area contributed by atoms with Crippen molar-refractivity contribution >= 4 is 47.4 Å². The number of rotatable bonds is 6. The molecule has 0 fully saturated rings. The average Bonchev–Trinajstić information content (AvgIpc) is 2.70. The van der Waals surface area contributed by atoms with E-state index in [2.05, 4.69) is 0 Å². The van der Waals surface area contributed by atoms with E-state index in [-0.39, 0.29) is 27.8 Å². The van der Waals surface area contributed by atoms with Gasteiger partial charge in [0, 0.05) is 14.1 Å². The lowest BCUT2D eigenvalue weighted by molar-refractivity contribution is -0.152. The van der Waals surface area contributed by atoms with Crippen molar-refractivity contribution in [2.45, 2.75) is 13.0 Å². The van der Waals surface area contributed by atoms with Crippen LogP contribution in [0.3, 0.4) is 0 Å². The fraction of sp³-hybridized carbons (Fsp3) is 0.353. The molecule has 0 aliphatic heterocycles. The van der Waals surface area contributed by atoms with Crippen LogP contribution in [0.15, 0.2) is 21.7 Å². The van der Waals surface area contributed by atoms with Gasteiger partial charge < -0.3 is 9.47 Å². The number of alkyl halides is 1. The third-order valence-electron chi connectivity index (χ3n) is 3.96. The number of aromatic nitrogens is 3. The fourth-order valence-electron chi connectivity index (χ4n) is 2.37. The number of halogens is 3. The molecule has 30 heavy (non-hydrogen) atoms. The van der Waals surface area contributed by atoms with Crippen molar-refractivity contribution in [1.82, 2.24) is 13.7 Å². The van der Waals surface area contributed by atoms with Gasteiger partial charge >= 0.3 is 23.3 Å². The molecule has 1 heterocycles. The summed E-state index contributed by atoms with van der Waals surface area (Å²) in [6, 6.07) is 1.63. The molecule has 0 saturated carbocycles. The Morgan fingerprint density at radius 2 is 1.77 bits per heavy atom. The van der Waals surface area contributed by atoms with Gasteiger partial charge in [0.25, 0.3) is 0 Å². The normalized spacial score (nSPS) is 11.8. The first-order chi connectivity index (χ1) is 14.0. The maximum atomic E-state index is 14.6. The van der Waals surface area contributed by atoms with Crippen LogP contribution < -0.4 is 11.4 Å². The third kappa shape index (κ3) is 4.63. The summed E-state index contributed by atoms with van der Waals surface area (Å²) in [6.07, 6.45) is -1.31. The Bertz CT molecular complexity index is 1150. The second-order valence-corrected chi connectivity index (χ2v) is 7.14. The molecule has 2 aromatic rings. The minimum atomic E-state index is -1.31. The van der Waals surface area contributed by atoms with Crippen LogP contribution in [0.5, 0.6) is 0 Å². The van der Waals surface area contributed by atoms with Crippen LogP contribution in [0.2, 0.25) is 5.02 Å². The van der Waals surface area contributed by atoms with Gasteiger partial charge in [0.05, 0.1) is 22.2 Å². The topological polar surface area (TPSA) is 102 Å². The largest absolute Gasteiger partial charge is 0.462 e. The van der Waals surface area contributed by atoms with Crippen molar-refractivity contribution in [2.75, 3.05) is 12.5 Å². The SMILES string of the molecule is CC(OC(=O)c1cc(-n2c(=O)n(C)c(=S)n(C)c2=O)c(F)cc1Cl)C(=O)OCCCl. The zero-order chi connectivity index (χ0) is 22.7. The number of carbonyl (C=O) groups excluding carboxylic acids is 2. The van der Waals surface area contributed by atoms with Crippen molar-refractivity contribution in [2.24, 2.45) is 14.1 Å². The van der Waals surface area contributed by atoms with Gasteiger partial charge in [-0.3, -0.25) is 9.13 Å². The molecule has 0 bridgehead atoms. The lowest BCUT2D eigenvalue weighted by Gasteiger charge is -2.15. The van der Waals surface area contributed by atoms with E-state index < -0.39 is 40.9 Å². The number of hydrogen-bond acceptors (Lipinski definition) is 7. The minimum absolute atomic E-state index is 0.0593. The highest BCUT2D eigenvalue weighted by atomic mass is 35.5. The average molecular weight is 480 g/mol. The molecule has 162 valence electrons. The lowest BCUT2D eigenvalue weighted by atomic mass is 10.2. The zero-order valence-electron chi connectivity index (χ0n) is 16.0. The van der Waals surface area contributed by atoms with Crippen LogP contribution in [0.1, 0.15) is 17.3 Å². The highest BCUT2D eigenvalue weighted by Crippen LogP contribution is 2.23. The maximum absolute atomic E-state index is 14.6. The second kappa shape index (κ2) is 9.54.